The molecular weight excluding hydrogens is 244 g/mol. The van der Waals surface area contributed by atoms with Gasteiger partial charge in [-0.2, -0.15) is 0 Å². The van der Waals surface area contributed by atoms with Gasteiger partial charge in [-0.15, -0.1) is 0 Å². The first-order valence-corrected chi connectivity index (χ1v) is 6.92. The molecule has 1 aromatic heterocycles. The zero-order valence-corrected chi connectivity index (χ0v) is 11.7. The Kier molecular flexibility index (Phi) is 3.64. The molecule has 0 fully saturated rings. The Hall–Kier alpha value is -2.35. The highest BCUT2D eigenvalue weighted by molar-refractivity contribution is 5.22. The average molecular weight is 262 g/mol. The van der Waals surface area contributed by atoms with Gasteiger partial charge in [-0.05, 0) is 18.1 Å². The number of benzene rings is 2. The molecule has 0 saturated heterocycles. The summed E-state index contributed by atoms with van der Waals surface area (Å²) in [6.07, 6.45) is 3.01. The second-order valence-corrected chi connectivity index (χ2v) is 5.07. The number of aromatic nitrogens is 2. The Morgan fingerprint density at radius 3 is 2.10 bits per heavy atom. The van der Waals surface area contributed by atoms with E-state index in [-0.39, 0.29) is 0 Å². The lowest BCUT2D eigenvalue weighted by Crippen LogP contribution is -2.05. The van der Waals surface area contributed by atoms with Gasteiger partial charge in [0.1, 0.15) is 5.82 Å². The van der Waals surface area contributed by atoms with Crippen LogP contribution in [0.4, 0.5) is 0 Å². The van der Waals surface area contributed by atoms with Crippen LogP contribution in [0.2, 0.25) is 0 Å². The molecule has 0 aliphatic heterocycles. The molecule has 0 amide bonds. The molecule has 0 N–H and O–H groups in total. The predicted octanol–water partition coefficient (Wildman–Crippen LogP) is 3.83. The van der Waals surface area contributed by atoms with Crippen LogP contribution in [-0.4, -0.2) is 9.55 Å². The molecule has 0 spiro atoms. The van der Waals surface area contributed by atoms with Crippen molar-refractivity contribution in [1.82, 2.24) is 9.55 Å². The van der Waals surface area contributed by atoms with Gasteiger partial charge < -0.3 is 4.57 Å². The zero-order chi connectivity index (χ0) is 13.8. The lowest BCUT2D eigenvalue weighted by Gasteiger charge is -2.08. The number of imidazole rings is 1. The Bertz CT molecular complexity index is 610. The fraction of sp³-hybridized carbons (Fsp3) is 0.167. The minimum atomic E-state index is 0.877. The van der Waals surface area contributed by atoms with Crippen molar-refractivity contribution < 1.29 is 0 Å². The van der Waals surface area contributed by atoms with Crippen LogP contribution in [-0.2, 0) is 13.0 Å². The van der Waals surface area contributed by atoms with E-state index >= 15 is 0 Å². The van der Waals surface area contributed by atoms with E-state index in [1.54, 1.807) is 0 Å². The number of hydrogen-bond acceptors (Lipinski definition) is 1. The molecule has 3 rings (SSSR count). The molecule has 0 radical (unpaired) electrons. The molecule has 2 heteroatoms. The fourth-order valence-corrected chi connectivity index (χ4v) is 2.43. The monoisotopic (exact) mass is 262 g/mol. The fourth-order valence-electron chi connectivity index (χ4n) is 2.43. The first-order valence-electron chi connectivity index (χ1n) is 6.92. The van der Waals surface area contributed by atoms with E-state index in [1.165, 1.54) is 11.1 Å². The molecule has 3 aromatic rings. The maximum Gasteiger partial charge on any atom is 0.113 e. The summed E-state index contributed by atoms with van der Waals surface area (Å²) in [6, 6.07) is 21.0. The van der Waals surface area contributed by atoms with Crippen LogP contribution in [0, 0.1) is 6.92 Å². The van der Waals surface area contributed by atoms with Crippen LogP contribution < -0.4 is 0 Å². The van der Waals surface area contributed by atoms with Gasteiger partial charge in [0.25, 0.3) is 0 Å². The van der Waals surface area contributed by atoms with E-state index in [9.17, 15) is 0 Å². The van der Waals surface area contributed by atoms with Gasteiger partial charge in [0.05, 0.1) is 5.69 Å². The molecule has 0 atom stereocenters. The predicted molar refractivity (Wildman–Crippen MR) is 81.8 cm³/mol. The van der Waals surface area contributed by atoms with Crippen LogP contribution in [0.1, 0.15) is 22.6 Å². The van der Waals surface area contributed by atoms with Crippen LogP contribution in [0.5, 0.6) is 0 Å². The van der Waals surface area contributed by atoms with Gasteiger partial charge in [0.15, 0.2) is 0 Å². The quantitative estimate of drug-likeness (QED) is 0.698. The van der Waals surface area contributed by atoms with Gasteiger partial charge in [0.2, 0.25) is 0 Å². The summed E-state index contributed by atoms with van der Waals surface area (Å²) in [7, 11) is 0. The topological polar surface area (TPSA) is 17.8 Å². The second kappa shape index (κ2) is 5.74. The smallest absolute Gasteiger partial charge is 0.113 e. The van der Waals surface area contributed by atoms with Gasteiger partial charge in [-0.1, -0.05) is 60.7 Å². The van der Waals surface area contributed by atoms with Crippen LogP contribution in [0.3, 0.4) is 0 Å². The summed E-state index contributed by atoms with van der Waals surface area (Å²) >= 11 is 0. The average Bonchev–Trinajstić information content (AvgIpc) is 2.81. The van der Waals surface area contributed by atoms with Crippen molar-refractivity contribution in [1.29, 1.82) is 0 Å². The molecule has 1 heterocycles. The molecule has 100 valence electrons. The third-order valence-electron chi connectivity index (χ3n) is 3.38. The Labute approximate surface area is 119 Å². The third-order valence-corrected chi connectivity index (χ3v) is 3.38. The molecule has 0 aliphatic rings. The van der Waals surface area contributed by atoms with Crippen molar-refractivity contribution >= 4 is 0 Å². The molecule has 0 saturated carbocycles. The molecule has 20 heavy (non-hydrogen) atoms. The Morgan fingerprint density at radius 1 is 0.850 bits per heavy atom. The summed E-state index contributed by atoms with van der Waals surface area (Å²) < 4.78 is 2.25. The second-order valence-electron chi connectivity index (χ2n) is 5.07. The highest BCUT2D eigenvalue weighted by atomic mass is 15.1. The van der Waals surface area contributed by atoms with E-state index in [4.69, 9.17) is 0 Å². The number of rotatable bonds is 4. The van der Waals surface area contributed by atoms with Crippen molar-refractivity contribution in [2.45, 2.75) is 19.9 Å². The Balaban J connectivity index is 1.85. The van der Waals surface area contributed by atoms with Crippen LogP contribution in [0.15, 0.2) is 66.9 Å². The minimum absolute atomic E-state index is 0.877. The summed E-state index contributed by atoms with van der Waals surface area (Å²) in [6.45, 7) is 2.93. The number of nitrogens with zero attached hydrogens (tertiary/aromatic N) is 2. The molecule has 0 unspecified atom stereocenters. The summed E-state index contributed by atoms with van der Waals surface area (Å²) in [5, 5.41) is 0. The number of hydrogen-bond donors (Lipinski definition) is 0. The molecule has 2 aromatic carbocycles. The summed E-state index contributed by atoms with van der Waals surface area (Å²) in [5.41, 5.74) is 3.68. The van der Waals surface area contributed by atoms with E-state index in [2.05, 4.69) is 71.2 Å². The standard InChI is InChI=1S/C18H18N2/c1-15-13-20(14-17-10-6-3-7-11-17)18(19-15)12-16-8-4-2-5-9-16/h2-11,13H,12,14H2,1H3. The molecule has 0 aliphatic carbocycles. The highest BCUT2D eigenvalue weighted by Gasteiger charge is 2.07. The van der Waals surface area contributed by atoms with E-state index < -0.39 is 0 Å². The maximum absolute atomic E-state index is 4.67. The normalized spacial score (nSPS) is 10.7. The SMILES string of the molecule is Cc1cn(Cc2ccccc2)c(Cc2ccccc2)n1. The van der Waals surface area contributed by atoms with Crippen molar-refractivity contribution in [3.05, 3.63) is 89.5 Å². The maximum atomic E-state index is 4.67. The van der Waals surface area contributed by atoms with Gasteiger partial charge in [-0.3, -0.25) is 0 Å². The van der Waals surface area contributed by atoms with Crippen LogP contribution in [0.25, 0.3) is 0 Å². The molecule has 0 bridgehead atoms. The van der Waals surface area contributed by atoms with Gasteiger partial charge in [-0.25, -0.2) is 4.98 Å². The molecule has 2 nitrogen and oxygen atoms in total. The van der Waals surface area contributed by atoms with E-state index in [0.29, 0.717) is 0 Å². The largest absolute Gasteiger partial charge is 0.330 e. The summed E-state index contributed by atoms with van der Waals surface area (Å²) in [4.78, 5) is 4.67. The first kappa shape index (κ1) is 12.7. The van der Waals surface area contributed by atoms with Crippen molar-refractivity contribution in [2.75, 3.05) is 0 Å². The van der Waals surface area contributed by atoms with Gasteiger partial charge >= 0.3 is 0 Å². The number of aryl methyl sites for hydroxylation is 1. The molecular formula is C18H18N2. The first-order chi connectivity index (χ1) is 9.81. The lowest BCUT2D eigenvalue weighted by atomic mass is 10.1. The van der Waals surface area contributed by atoms with Crippen LogP contribution >= 0.6 is 0 Å². The van der Waals surface area contributed by atoms with Crippen molar-refractivity contribution in [3.63, 3.8) is 0 Å². The lowest BCUT2D eigenvalue weighted by molar-refractivity contribution is 0.740. The minimum Gasteiger partial charge on any atom is -0.330 e. The highest BCUT2D eigenvalue weighted by Crippen LogP contribution is 2.12. The van der Waals surface area contributed by atoms with Crippen molar-refractivity contribution in [2.24, 2.45) is 0 Å². The van der Waals surface area contributed by atoms with Gasteiger partial charge in [0, 0.05) is 19.2 Å². The Morgan fingerprint density at radius 2 is 1.45 bits per heavy atom. The summed E-state index contributed by atoms with van der Waals surface area (Å²) in [5.74, 6) is 1.12. The zero-order valence-electron chi connectivity index (χ0n) is 11.7. The third kappa shape index (κ3) is 2.97. The van der Waals surface area contributed by atoms with E-state index in [0.717, 1.165) is 24.5 Å². The van der Waals surface area contributed by atoms with E-state index in [1.807, 2.05) is 12.1 Å². The van der Waals surface area contributed by atoms with Crippen molar-refractivity contribution in [3.8, 4) is 0 Å².